The first-order valence-electron chi connectivity index (χ1n) is 6.34. The molecule has 0 saturated carbocycles. The van der Waals surface area contributed by atoms with Gasteiger partial charge < -0.3 is 19.9 Å². The van der Waals surface area contributed by atoms with E-state index in [1.165, 1.54) is 12.1 Å². The fourth-order valence-corrected chi connectivity index (χ4v) is 3.35. The second-order valence-electron chi connectivity index (χ2n) is 4.83. The van der Waals surface area contributed by atoms with Crippen LogP contribution in [0.15, 0.2) is 41.3 Å². The van der Waals surface area contributed by atoms with Gasteiger partial charge in [-0.3, -0.25) is 4.72 Å². The van der Waals surface area contributed by atoms with Crippen molar-refractivity contribution in [1.82, 2.24) is 0 Å². The van der Waals surface area contributed by atoms with E-state index in [1.54, 1.807) is 6.07 Å². The molecule has 4 N–H and O–H groups in total. The van der Waals surface area contributed by atoms with Crippen LogP contribution in [-0.2, 0) is 21.3 Å². The molecule has 2 aromatic carbocycles. The van der Waals surface area contributed by atoms with Gasteiger partial charge in [-0.15, -0.1) is 0 Å². The van der Waals surface area contributed by atoms with Crippen LogP contribution in [0.3, 0.4) is 0 Å². The lowest BCUT2D eigenvalue weighted by molar-refractivity contribution is 0.275. The van der Waals surface area contributed by atoms with Crippen molar-refractivity contribution in [3.05, 3.63) is 42.0 Å². The van der Waals surface area contributed by atoms with Crippen LogP contribution in [0, 0.1) is 0 Å². The Labute approximate surface area is 127 Å². The Hall–Kier alpha value is -2.23. The molecule has 0 aliphatic carbocycles. The standard InChI is InChI=1S/C13H12BNO6S/c16-10-3-4-13(12(17)6-10)22(19,20)15-9-2-1-8-7-21-14(18)11(8)5-9/h1-6,15-18H,7H2. The van der Waals surface area contributed by atoms with Crippen LogP contribution < -0.4 is 10.2 Å². The quantitative estimate of drug-likeness (QED) is 0.597. The molecule has 1 aliphatic heterocycles. The molecule has 9 heteroatoms. The van der Waals surface area contributed by atoms with Crippen molar-refractivity contribution in [3.63, 3.8) is 0 Å². The first-order chi connectivity index (χ1) is 10.4. The second kappa shape index (κ2) is 5.20. The summed E-state index contributed by atoms with van der Waals surface area (Å²) in [7, 11) is -5.11. The number of aromatic hydroxyl groups is 2. The number of benzene rings is 2. The highest BCUT2D eigenvalue weighted by molar-refractivity contribution is 7.92. The SMILES string of the molecule is O=S(=O)(Nc1ccc2c(c1)B(O)OC2)c1ccc(O)cc1O. The zero-order chi connectivity index (χ0) is 15.9. The molecular formula is C13H12BNO6S. The van der Waals surface area contributed by atoms with Crippen LogP contribution in [0.25, 0.3) is 0 Å². The Kier molecular flexibility index (Phi) is 3.47. The Bertz CT molecular complexity index is 838. The van der Waals surface area contributed by atoms with Crippen molar-refractivity contribution in [1.29, 1.82) is 0 Å². The monoisotopic (exact) mass is 321 g/mol. The molecule has 0 amide bonds. The molecule has 0 bridgehead atoms. The minimum absolute atomic E-state index is 0.232. The largest absolute Gasteiger partial charge is 0.508 e. The van der Waals surface area contributed by atoms with Crippen molar-refractivity contribution in [2.45, 2.75) is 11.5 Å². The summed E-state index contributed by atoms with van der Waals surface area (Å²) in [4.78, 5) is -0.359. The van der Waals surface area contributed by atoms with Crippen molar-refractivity contribution >= 4 is 28.3 Å². The third-order valence-electron chi connectivity index (χ3n) is 3.29. The summed E-state index contributed by atoms with van der Waals surface area (Å²) < 4.78 is 31.9. The topological polar surface area (TPSA) is 116 Å². The van der Waals surface area contributed by atoms with Crippen LogP contribution in [0.5, 0.6) is 11.5 Å². The van der Waals surface area contributed by atoms with E-state index in [0.29, 0.717) is 5.46 Å². The van der Waals surface area contributed by atoms with Gasteiger partial charge >= 0.3 is 7.12 Å². The molecule has 114 valence electrons. The van der Waals surface area contributed by atoms with Crippen molar-refractivity contribution in [2.75, 3.05) is 4.72 Å². The Morgan fingerprint density at radius 3 is 2.64 bits per heavy atom. The van der Waals surface area contributed by atoms with Gasteiger partial charge in [0, 0.05) is 11.8 Å². The fourth-order valence-electron chi connectivity index (χ4n) is 2.22. The molecule has 3 rings (SSSR count). The lowest BCUT2D eigenvalue weighted by Crippen LogP contribution is -2.28. The molecule has 0 fully saturated rings. The molecule has 7 nitrogen and oxygen atoms in total. The molecule has 22 heavy (non-hydrogen) atoms. The molecule has 0 unspecified atom stereocenters. The van der Waals surface area contributed by atoms with Gasteiger partial charge in [0.1, 0.15) is 16.4 Å². The third kappa shape index (κ3) is 2.61. The minimum Gasteiger partial charge on any atom is -0.508 e. The number of phenols is 2. The van der Waals surface area contributed by atoms with E-state index in [1.807, 2.05) is 0 Å². The van der Waals surface area contributed by atoms with Gasteiger partial charge in [0.15, 0.2) is 0 Å². The molecule has 0 aromatic heterocycles. The van der Waals surface area contributed by atoms with Gasteiger partial charge in [0.05, 0.1) is 6.61 Å². The van der Waals surface area contributed by atoms with Crippen molar-refractivity contribution < 1.29 is 28.3 Å². The van der Waals surface area contributed by atoms with Gasteiger partial charge in [-0.2, -0.15) is 0 Å². The second-order valence-corrected chi connectivity index (χ2v) is 6.49. The molecular weight excluding hydrogens is 309 g/mol. The summed E-state index contributed by atoms with van der Waals surface area (Å²) in [5, 5.41) is 28.5. The van der Waals surface area contributed by atoms with E-state index < -0.39 is 22.9 Å². The number of fused-ring (bicyclic) bond motifs is 1. The number of sulfonamides is 1. The van der Waals surface area contributed by atoms with E-state index in [9.17, 15) is 23.7 Å². The highest BCUT2D eigenvalue weighted by Gasteiger charge is 2.28. The van der Waals surface area contributed by atoms with E-state index in [-0.39, 0.29) is 22.9 Å². The predicted octanol–water partition coefficient (Wildman–Crippen LogP) is 0.116. The predicted molar refractivity (Wildman–Crippen MR) is 79.4 cm³/mol. The average Bonchev–Trinajstić information content (AvgIpc) is 2.79. The number of hydrogen-bond donors (Lipinski definition) is 4. The summed E-state index contributed by atoms with van der Waals surface area (Å²) in [6, 6.07) is 7.86. The molecule has 0 atom stereocenters. The molecule has 1 heterocycles. The summed E-state index contributed by atoms with van der Waals surface area (Å²) in [6.07, 6.45) is 0. The zero-order valence-corrected chi connectivity index (χ0v) is 12.0. The van der Waals surface area contributed by atoms with Crippen LogP contribution in [0.2, 0.25) is 0 Å². The maximum atomic E-state index is 12.3. The van der Waals surface area contributed by atoms with Crippen molar-refractivity contribution in [3.8, 4) is 11.5 Å². The van der Waals surface area contributed by atoms with Gasteiger partial charge in [0.25, 0.3) is 10.0 Å². The average molecular weight is 321 g/mol. The highest BCUT2D eigenvalue weighted by atomic mass is 32.2. The lowest BCUT2D eigenvalue weighted by Gasteiger charge is -2.11. The van der Waals surface area contributed by atoms with Gasteiger partial charge in [-0.1, -0.05) is 6.07 Å². The number of phenolic OH excluding ortho intramolecular Hbond substituents is 2. The van der Waals surface area contributed by atoms with Gasteiger partial charge in [-0.05, 0) is 35.3 Å². The number of nitrogens with one attached hydrogen (secondary N) is 1. The first kappa shape index (κ1) is 14.7. The van der Waals surface area contributed by atoms with Gasteiger partial charge in [0.2, 0.25) is 0 Å². The van der Waals surface area contributed by atoms with Crippen LogP contribution in [-0.4, -0.2) is 30.8 Å². The lowest BCUT2D eigenvalue weighted by atomic mass is 9.79. The Balaban J connectivity index is 1.93. The first-order valence-corrected chi connectivity index (χ1v) is 7.82. The molecule has 0 radical (unpaired) electrons. The number of anilines is 1. The van der Waals surface area contributed by atoms with Crippen LogP contribution >= 0.6 is 0 Å². The summed E-state index contributed by atoms with van der Waals surface area (Å²) in [5.74, 6) is -0.800. The van der Waals surface area contributed by atoms with Crippen LogP contribution in [0.4, 0.5) is 5.69 Å². The maximum absolute atomic E-state index is 12.3. The summed E-state index contributed by atoms with van der Waals surface area (Å²) >= 11 is 0. The maximum Gasteiger partial charge on any atom is 0.491 e. The van der Waals surface area contributed by atoms with E-state index >= 15 is 0 Å². The Morgan fingerprint density at radius 1 is 1.14 bits per heavy atom. The van der Waals surface area contributed by atoms with Crippen LogP contribution in [0.1, 0.15) is 5.56 Å². The van der Waals surface area contributed by atoms with E-state index in [2.05, 4.69) is 4.72 Å². The number of hydrogen-bond acceptors (Lipinski definition) is 6. The zero-order valence-electron chi connectivity index (χ0n) is 11.2. The summed E-state index contributed by atoms with van der Waals surface area (Å²) in [6.45, 7) is 0.266. The molecule has 1 aliphatic rings. The van der Waals surface area contributed by atoms with Crippen molar-refractivity contribution in [2.24, 2.45) is 0 Å². The minimum atomic E-state index is -4.03. The molecule has 2 aromatic rings. The van der Waals surface area contributed by atoms with E-state index in [4.69, 9.17) is 4.65 Å². The fraction of sp³-hybridized carbons (Fsp3) is 0.0769. The van der Waals surface area contributed by atoms with Gasteiger partial charge in [-0.25, -0.2) is 8.42 Å². The molecule has 0 spiro atoms. The number of rotatable bonds is 3. The Morgan fingerprint density at radius 2 is 1.91 bits per heavy atom. The molecule has 0 saturated heterocycles. The normalized spacial score (nSPS) is 14.0. The third-order valence-corrected chi connectivity index (χ3v) is 4.72. The van der Waals surface area contributed by atoms with E-state index in [0.717, 1.165) is 23.8 Å². The smallest absolute Gasteiger partial charge is 0.491 e. The summed E-state index contributed by atoms with van der Waals surface area (Å²) in [5.41, 5.74) is 1.51. The highest BCUT2D eigenvalue weighted by Crippen LogP contribution is 2.28.